The third kappa shape index (κ3) is 2.05. The number of carbonyl (C=O) groups excluding carboxylic acids is 2. The van der Waals surface area contributed by atoms with Crippen LogP contribution in [0.2, 0.25) is 0 Å². The van der Waals surface area contributed by atoms with Gasteiger partial charge in [0, 0.05) is 40.8 Å². The zero-order valence-electron chi connectivity index (χ0n) is 13.4. The molecule has 0 bridgehead atoms. The number of unbranched alkanes of at least 4 members (excludes halogenated alkanes) is 1. The Bertz CT molecular complexity index is 922. The van der Waals surface area contributed by atoms with E-state index in [1.807, 2.05) is 37.4 Å². The van der Waals surface area contributed by atoms with Gasteiger partial charge in [-0.1, -0.05) is 25.5 Å². The molecule has 1 aromatic heterocycles. The Labute approximate surface area is 139 Å². The summed E-state index contributed by atoms with van der Waals surface area (Å²) in [6, 6.07) is 11.1. The molecule has 5 nitrogen and oxygen atoms in total. The minimum absolute atomic E-state index is 0.204. The maximum absolute atomic E-state index is 12.8. The zero-order chi connectivity index (χ0) is 16.7. The Hall–Kier alpha value is -2.95. The van der Waals surface area contributed by atoms with Crippen LogP contribution in [0.3, 0.4) is 0 Å². The van der Waals surface area contributed by atoms with Gasteiger partial charge in [-0.2, -0.15) is 5.10 Å². The minimum atomic E-state index is -0.204. The first kappa shape index (κ1) is 14.6. The Morgan fingerprint density at radius 1 is 1.00 bits per heavy atom. The topological polar surface area (TPSA) is 55.2 Å². The standard InChI is InChI=1S/C19H17N3O2/c1-2-3-11-21-18(23)14-7-4-6-13-16(22-12-5-10-20-22)9-8-15(17(13)14)19(21)24/h4-10,12H,2-3,11H2,1H3. The Morgan fingerprint density at radius 3 is 2.50 bits per heavy atom. The second kappa shape index (κ2) is 5.60. The van der Waals surface area contributed by atoms with E-state index >= 15 is 0 Å². The maximum Gasteiger partial charge on any atom is 0.261 e. The third-order valence-corrected chi connectivity index (χ3v) is 4.46. The summed E-state index contributed by atoms with van der Waals surface area (Å²) in [6.45, 7) is 2.51. The van der Waals surface area contributed by atoms with Gasteiger partial charge in [0.25, 0.3) is 11.8 Å². The van der Waals surface area contributed by atoms with Gasteiger partial charge >= 0.3 is 0 Å². The van der Waals surface area contributed by atoms with E-state index in [-0.39, 0.29) is 11.8 Å². The molecule has 0 unspecified atom stereocenters. The van der Waals surface area contributed by atoms with Crippen LogP contribution in [-0.2, 0) is 0 Å². The molecule has 1 aliphatic rings. The number of hydrogen-bond donors (Lipinski definition) is 0. The monoisotopic (exact) mass is 319 g/mol. The molecule has 0 aliphatic carbocycles. The van der Waals surface area contributed by atoms with Crippen molar-refractivity contribution < 1.29 is 9.59 Å². The van der Waals surface area contributed by atoms with Gasteiger partial charge in [0.15, 0.2) is 0 Å². The van der Waals surface area contributed by atoms with Gasteiger partial charge < -0.3 is 0 Å². The van der Waals surface area contributed by atoms with E-state index in [2.05, 4.69) is 5.10 Å². The lowest BCUT2D eigenvalue weighted by molar-refractivity contribution is 0.0608. The molecular formula is C19H17N3O2. The van der Waals surface area contributed by atoms with Crippen LogP contribution in [0.4, 0.5) is 0 Å². The van der Waals surface area contributed by atoms with E-state index in [9.17, 15) is 9.59 Å². The van der Waals surface area contributed by atoms with E-state index in [0.717, 1.165) is 29.3 Å². The lowest BCUT2D eigenvalue weighted by Gasteiger charge is -2.27. The molecule has 5 heteroatoms. The van der Waals surface area contributed by atoms with Gasteiger partial charge in [0.2, 0.25) is 0 Å². The van der Waals surface area contributed by atoms with Gasteiger partial charge in [-0.3, -0.25) is 14.5 Å². The minimum Gasteiger partial charge on any atom is -0.274 e. The van der Waals surface area contributed by atoms with Crippen LogP contribution in [0.1, 0.15) is 40.5 Å². The van der Waals surface area contributed by atoms with E-state index in [4.69, 9.17) is 0 Å². The largest absolute Gasteiger partial charge is 0.274 e. The van der Waals surface area contributed by atoms with E-state index in [0.29, 0.717) is 17.7 Å². The summed E-state index contributed by atoms with van der Waals surface area (Å²) in [7, 11) is 0. The molecule has 2 aromatic carbocycles. The fourth-order valence-corrected chi connectivity index (χ4v) is 3.26. The van der Waals surface area contributed by atoms with Crippen molar-refractivity contribution in [2.75, 3.05) is 6.54 Å². The molecule has 0 N–H and O–H groups in total. The molecule has 2 heterocycles. The average molecular weight is 319 g/mol. The Kier molecular flexibility index (Phi) is 3.41. The van der Waals surface area contributed by atoms with E-state index in [1.54, 1.807) is 23.0 Å². The molecule has 0 saturated carbocycles. The average Bonchev–Trinajstić information content (AvgIpc) is 3.13. The number of hydrogen-bond acceptors (Lipinski definition) is 3. The molecule has 24 heavy (non-hydrogen) atoms. The molecule has 3 aromatic rings. The van der Waals surface area contributed by atoms with Crippen LogP contribution >= 0.6 is 0 Å². The highest BCUT2D eigenvalue weighted by atomic mass is 16.2. The Balaban J connectivity index is 1.95. The molecule has 0 fully saturated rings. The smallest absolute Gasteiger partial charge is 0.261 e. The molecule has 4 rings (SSSR count). The number of carbonyl (C=O) groups is 2. The molecule has 0 spiro atoms. The van der Waals surface area contributed by atoms with Crippen LogP contribution < -0.4 is 0 Å². The fourth-order valence-electron chi connectivity index (χ4n) is 3.26. The summed E-state index contributed by atoms with van der Waals surface area (Å²) in [5, 5.41) is 5.87. The summed E-state index contributed by atoms with van der Waals surface area (Å²) in [5.41, 5.74) is 2.04. The van der Waals surface area contributed by atoms with Crippen LogP contribution in [0.15, 0.2) is 48.8 Å². The van der Waals surface area contributed by atoms with Crippen molar-refractivity contribution >= 4 is 22.6 Å². The number of imide groups is 1. The van der Waals surface area contributed by atoms with Gasteiger partial charge in [-0.15, -0.1) is 0 Å². The van der Waals surface area contributed by atoms with E-state index < -0.39 is 0 Å². The quantitative estimate of drug-likeness (QED) is 0.692. The zero-order valence-corrected chi connectivity index (χ0v) is 13.4. The normalized spacial score (nSPS) is 13.8. The van der Waals surface area contributed by atoms with Crippen LogP contribution in [0, 0.1) is 0 Å². The second-order valence-electron chi connectivity index (χ2n) is 5.93. The summed E-state index contributed by atoms with van der Waals surface area (Å²) in [4.78, 5) is 27.0. The van der Waals surface area contributed by atoms with Crippen molar-refractivity contribution in [2.45, 2.75) is 19.8 Å². The summed E-state index contributed by atoms with van der Waals surface area (Å²) in [6.07, 6.45) is 5.31. The number of nitrogens with zero attached hydrogens (tertiary/aromatic N) is 3. The molecule has 1 aliphatic heterocycles. The van der Waals surface area contributed by atoms with Crippen molar-refractivity contribution in [2.24, 2.45) is 0 Å². The highest BCUT2D eigenvalue weighted by Gasteiger charge is 2.32. The molecular weight excluding hydrogens is 302 g/mol. The predicted molar refractivity (Wildman–Crippen MR) is 91.3 cm³/mol. The first-order valence-corrected chi connectivity index (χ1v) is 8.14. The lowest BCUT2D eigenvalue weighted by Crippen LogP contribution is -2.40. The fraction of sp³-hybridized carbons (Fsp3) is 0.211. The molecule has 0 saturated heterocycles. The van der Waals surface area contributed by atoms with Gasteiger partial charge in [0.1, 0.15) is 0 Å². The number of rotatable bonds is 4. The number of aromatic nitrogens is 2. The lowest BCUT2D eigenvalue weighted by atomic mass is 9.93. The highest BCUT2D eigenvalue weighted by Crippen LogP contribution is 2.33. The summed E-state index contributed by atoms with van der Waals surface area (Å²) in [5.74, 6) is -0.409. The first-order chi connectivity index (χ1) is 11.7. The third-order valence-electron chi connectivity index (χ3n) is 4.46. The van der Waals surface area contributed by atoms with Gasteiger partial charge in [0.05, 0.1) is 5.69 Å². The molecule has 120 valence electrons. The van der Waals surface area contributed by atoms with Crippen molar-refractivity contribution in [3.8, 4) is 5.69 Å². The molecule has 0 atom stereocenters. The SMILES string of the molecule is CCCCN1C(=O)c2cccc3c(-n4cccn4)ccc(c23)C1=O. The molecule has 2 amide bonds. The first-order valence-electron chi connectivity index (χ1n) is 8.14. The van der Waals surface area contributed by atoms with Crippen LogP contribution in [0.25, 0.3) is 16.5 Å². The number of benzene rings is 2. The molecule has 0 radical (unpaired) electrons. The van der Waals surface area contributed by atoms with Crippen molar-refractivity contribution in [3.63, 3.8) is 0 Å². The maximum atomic E-state index is 12.8. The van der Waals surface area contributed by atoms with Gasteiger partial charge in [-0.25, -0.2) is 4.68 Å². The van der Waals surface area contributed by atoms with Crippen molar-refractivity contribution in [3.05, 3.63) is 59.9 Å². The van der Waals surface area contributed by atoms with Crippen LogP contribution in [-0.4, -0.2) is 33.0 Å². The van der Waals surface area contributed by atoms with Crippen molar-refractivity contribution in [1.82, 2.24) is 14.7 Å². The van der Waals surface area contributed by atoms with Crippen molar-refractivity contribution in [1.29, 1.82) is 0 Å². The number of amides is 2. The summed E-state index contributed by atoms with van der Waals surface area (Å²) >= 11 is 0. The Morgan fingerprint density at radius 2 is 1.79 bits per heavy atom. The predicted octanol–water partition coefficient (Wildman–Crippen LogP) is 3.42. The van der Waals surface area contributed by atoms with E-state index in [1.165, 1.54) is 4.90 Å². The second-order valence-corrected chi connectivity index (χ2v) is 5.93. The highest BCUT2D eigenvalue weighted by molar-refractivity contribution is 6.26. The summed E-state index contributed by atoms with van der Waals surface area (Å²) < 4.78 is 1.75. The van der Waals surface area contributed by atoms with Crippen LogP contribution in [0.5, 0.6) is 0 Å². The van der Waals surface area contributed by atoms with Gasteiger partial charge in [-0.05, 0) is 30.7 Å².